The molecule has 0 fully saturated rings. The third-order valence-electron chi connectivity index (χ3n) is 3.45. The highest BCUT2D eigenvalue weighted by Crippen LogP contribution is 2.14. The van der Waals surface area contributed by atoms with Crippen molar-refractivity contribution in [3.05, 3.63) is 23.7 Å². The minimum atomic E-state index is 0.623. The third kappa shape index (κ3) is 6.33. The van der Waals surface area contributed by atoms with Gasteiger partial charge in [0.2, 0.25) is 0 Å². The van der Waals surface area contributed by atoms with E-state index in [1.54, 1.807) is 0 Å². The summed E-state index contributed by atoms with van der Waals surface area (Å²) in [7, 11) is 2.18. The van der Waals surface area contributed by atoms with E-state index in [2.05, 4.69) is 50.4 Å². The van der Waals surface area contributed by atoms with E-state index in [0.29, 0.717) is 12.0 Å². The van der Waals surface area contributed by atoms with Gasteiger partial charge in [0, 0.05) is 23.9 Å². The number of furan rings is 1. The molecule has 1 aromatic rings. The second-order valence-electron chi connectivity index (χ2n) is 5.88. The van der Waals surface area contributed by atoms with Crippen LogP contribution in [0.25, 0.3) is 0 Å². The van der Waals surface area contributed by atoms with Crippen molar-refractivity contribution in [3.8, 4) is 0 Å². The maximum atomic E-state index is 5.68. The van der Waals surface area contributed by atoms with E-state index in [4.69, 9.17) is 4.42 Å². The van der Waals surface area contributed by atoms with Crippen molar-refractivity contribution in [2.75, 3.05) is 25.6 Å². The van der Waals surface area contributed by atoms with Crippen molar-refractivity contribution in [2.24, 2.45) is 5.92 Å². The molecule has 0 amide bonds. The van der Waals surface area contributed by atoms with Crippen LogP contribution in [0.2, 0.25) is 0 Å². The lowest BCUT2D eigenvalue weighted by Crippen LogP contribution is -2.32. The summed E-state index contributed by atoms with van der Waals surface area (Å²) in [4.78, 5) is 2.39. The summed E-state index contributed by atoms with van der Waals surface area (Å²) in [6, 6.07) is 2.80. The van der Waals surface area contributed by atoms with Crippen LogP contribution < -0.4 is 5.32 Å². The molecule has 1 aromatic heterocycles. The van der Waals surface area contributed by atoms with Gasteiger partial charge in [-0.05, 0) is 38.3 Å². The summed E-state index contributed by atoms with van der Waals surface area (Å²) in [5.74, 6) is 2.93. The largest absolute Gasteiger partial charge is 0.468 e. The second kappa shape index (κ2) is 9.48. The van der Waals surface area contributed by atoms with Gasteiger partial charge in [-0.3, -0.25) is 4.90 Å². The van der Waals surface area contributed by atoms with Crippen LogP contribution in [-0.4, -0.2) is 36.5 Å². The topological polar surface area (TPSA) is 28.4 Å². The fourth-order valence-corrected chi connectivity index (χ4v) is 3.11. The van der Waals surface area contributed by atoms with Gasteiger partial charge in [0.25, 0.3) is 0 Å². The molecular formula is C16H30N2OS. The first-order valence-corrected chi connectivity index (χ1v) is 8.92. The van der Waals surface area contributed by atoms with Crippen LogP contribution in [0.4, 0.5) is 0 Å². The quantitative estimate of drug-likeness (QED) is 0.714. The Morgan fingerprint density at radius 2 is 2.15 bits per heavy atom. The number of nitrogens with zero attached hydrogens (tertiary/aromatic N) is 1. The lowest BCUT2D eigenvalue weighted by atomic mass is 10.2. The molecule has 1 atom stereocenters. The number of nitrogens with one attached hydrogen (secondary N) is 1. The Balaban J connectivity index is 2.42. The van der Waals surface area contributed by atoms with Crippen molar-refractivity contribution >= 4 is 11.8 Å². The molecule has 0 saturated carbocycles. The fourth-order valence-electron chi connectivity index (χ4n) is 2.23. The van der Waals surface area contributed by atoms with E-state index in [9.17, 15) is 0 Å². The lowest BCUT2D eigenvalue weighted by Gasteiger charge is -2.25. The first-order valence-electron chi connectivity index (χ1n) is 7.53. The highest BCUT2D eigenvalue weighted by atomic mass is 32.2. The lowest BCUT2D eigenvalue weighted by molar-refractivity contribution is 0.228. The van der Waals surface area contributed by atoms with Crippen molar-refractivity contribution in [1.82, 2.24) is 10.2 Å². The van der Waals surface area contributed by atoms with E-state index >= 15 is 0 Å². The Morgan fingerprint density at radius 1 is 1.40 bits per heavy atom. The average molecular weight is 298 g/mol. The molecule has 0 bridgehead atoms. The van der Waals surface area contributed by atoms with Gasteiger partial charge in [-0.2, -0.15) is 11.8 Å². The molecule has 1 N–H and O–H groups in total. The highest BCUT2D eigenvalue weighted by molar-refractivity contribution is 7.98. The number of hydrogen-bond acceptors (Lipinski definition) is 4. The molecule has 3 nitrogen and oxygen atoms in total. The number of hydrogen-bond donors (Lipinski definition) is 1. The Kier molecular flexibility index (Phi) is 8.34. The molecule has 0 saturated heterocycles. The molecule has 1 rings (SSSR count). The predicted octanol–water partition coefficient (Wildman–Crippen LogP) is 3.60. The average Bonchev–Trinajstić information content (AvgIpc) is 2.83. The van der Waals surface area contributed by atoms with E-state index in [0.717, 1.165) is 25.4 Å². The molecule has 0 aromatic carbocycles. The molecule has 116 valence electrons. The SMILES string of the molecule is CCC(CSC)N(C)Cc1cc(CNCC(C)C)co1. The van der Waals surface area contributed by atoms with Gasteiger partial charge < -0.3 is 9.73 Å². The third-order valence-corrected chi connectivity index (χ3v) is 4.17. The molecular weight excluding hydrogens is 268 g/mol. The predicted molar refractivity (Wildman–Crippen MR) is 89.2 cm³/mol. The normalized spacial score (nSPS) is 13.3. The van der Waals surface area contributed by atoms with Crippen LogP contribution in [-0.2, 0) is 13.1 Å². The Hall–Kier alpha value is -0.450. The van der Waals surface area contributed by atoms with Crippen molar-refractivity contribution in [3.63, 3.8) is 0 Å². The summed E-state index contributed by atoms with van der Waals surface area (Å²) < 4.78 is 5.68. The second-order valence-corrected chi connectivity index (χ2v) is 6.79. The summed E-state index contributed by atoms with van der Waals surface area (Å²) in [5, 5.41) is 3.45. The van der Waals surface area contributed by atoms with Crippen LogP contribution in [0, 0.1) is 5.92 Å². The van der Waals surface area contributed by atoms with Gasteiger partial charge in [-0.25, -0.2) is 0 Å². The Bertz CT molecular complexity index is 365. The smallest absolute Gasteiger partial charge is 0.118 e. The van der Waals surface area contributed by atoms with Gasteiger partial charge in [0.15, 0.2) is 0 Å². The van der Waals surface area contributed by atoms with E-state index in [1.165, 1.54) is 17.7 Å². The highest BCUT2D eigenvalue weighted by Gasteiger charge is 2.14. The van der Waals surface area contributed by atoms with Gasteiger partial charge in [-0.15, -0.1) is 0 Å². The van der Waals surface area contributed by atoms with E-state index in [1.807, 2.05) is 18.0 Å². The summed E-state index contributed by atoms with van der Waals surface area (Å²) in [6.45, 7) is 9.53. The van der Waals surface area contributed by atoms with Crippen molar-refractivity contribution < 1.29 is 4.42 Å². The molecule has 0 aliphatic carbocycles. The van der Waals surface area contributed by atoms with Crippen molar-refractivity contribution in [1.29, 1.82) is 0 Å². The summed E-state index contributed by atoms with van der Waals surface area (Å²) in [5.41, 5.74) is 1.24. The minimum Gasteiger partial charge on any atom is -0.468 e. The van der Waals surface area contributed by atoms with Crippen LogP contribution in [0.5, 0.6) is 0 Å². The standard InChI is InChI=1S/C16H30N2OS/c1-6-15(12-20-5)18(4)10-16-7-14(11-19-16)9-17-8-13(2)3/h7,11,13,15,17H,6,8-10,12H2,1-5H3. The molecule has 0 radical (unpaired) electrons. The van der Waals surface area contributed by atoms with Gasteiger partial charge in [0.05, 0.1) is 12.8 Å². The van der Waals surface area contributed by atoms with Gasteiger partial charge in [-0.1, -0.05) is 20.8 Å². The molecule has 0 aliphatic rings. The zero-order chi connectivity index (χ0) is 15.0. The Labute approximate surface area is 128 Å². The molecule has 0 aliphatic heterocycles. The van der Waals surface area contributed by atoms with Crippen LogP contribution in [0.1, 0.15) is 38.5 Å². The summed E-state index contributed by atoms with van der Waals surface area (Å²) >= 11 is 1.91. The first-order chi connectivity index (χ1) is 9.56. The monoisotopic (exact) mass is 298 g/mol. The van der Waals surface area contributed by atoms with Gasteiger partial charge >= 0.3 is 0 Å². The molecule has 1 unspecified atom stereocenters. The zero-order valence-electron chi connectivity index (χ0n) is 13.6. The van der Waals surface area contributed by atoms with Crippen LogP contribution >= 0.6 is 11.8 Å². The first kappa shape index (κ1) is 17.6. The Morgan fingerprint density at radius 3 is 2.75 bits per heavy atom. The molecule has 20 heavy (non-hydrogen) atoms. The number of thioether (sulfide) groups is 1. The molecule has 0 spiro atoms. The zero-order valence-corrected chi connectivity index (χ0v) is 14.4. The van der Waals surface area contributed by atoms with E-state index in [-0.39, 0.29) is 0 Å². The van der Waals surface area contributed by atoms with E-state index < -0.39 is 0 Å². The fraction of sp³-hybridized carbons (Fsp3) is 0.750. The summed E-state index contributed by atoms with van der Waals surface area (Å²) in [6.07, 6.45) is 5.23. The van der Waals surface area contributed by atoms with Crippen molar-refractivity contribution in [2.45, 2.75) is 46.3 Å². The van der Waals surface area contributed by atoms with Gasteiger partial charge in [0.1, 0.15) is 5.76 Å². The minimum absolute atomic E-state index is 0.623. The number of rotatable bonds is 10. The van der Waals surface area contributed by atoms with Crippen LogP contribution in [0.15, 0.2) is 16.7 Å². The molecule has 4 heteroatoms. The molecule has 1 heterocycles. The maximum Gasteiger partial charge on any atom is 0.118 e. The maximum absolute atomic E-state index is 5.68. The van der Waals surface area contributed by atoms with Crippen LogP contribution in [0.3, 0.4) is 0 Å².